The lowest BCUT2D eigenvalue weighted by Gasteiger charge is -2.05. The molecular weight excluding hydrogens is 298 g/mol. The van der Waals surface area contributed by atoms with Gasteiger partial charge in [0.2, 0.25) is 5.16 Å². The van der Waals surface area contributed by atoms with Crippen LogP contribution in [0.15, 0.2) is 22.3 Å². The van der Waals surface area contributed by atoms with Gasteiger partial charge in [0.1, 0.15) is 11.6 Å². The van der Waals surface area contributed by atoms with Crippen LogP contribution in [0, 0.1) is 6.92 Å². The third-order valence-corrected chi connectivity index (χ3v) is 3.36. The Hall–Kier alpha value is -2.49. The van der Waals surface area contributed by atoms with E-state index in [9.17, 15) is 9.59 Å². The molecule has 0 saturated carbocycles. The molecule has 0 fully saturated rings. The maximum Gasteiger partial charge on any atom is 0.339 e. The summed E-state index contributed by atoms with van der Waals surface area (Å²) >= 11 is 1.11. The molecule has 0 aliphatic carbocycles. The molecule has 0 radical (unpaired) electrons. The largest absolute Gasteiger partial charge is 0.480 e. The molecule has 2 aromatic heterocycles. The average molecular weight is 309 g/mol. The van der Waals surface area contributed by atoms with Gasteiger partial charge in [-0.1, -0.05) is 0 Å². The number of hydrogen-bond donors (Lipinski definition) is 1. The Kier molecular flexibility index (Phi) is 4.48. The first-order chi connectivity index (χ1) is 10.0. The molecule has 2 rings (SSSR count). The van der Waals surface area contributed by atoms with Gasteiger partial charge in [-0.05, 0) is 41.2 Å². The minimum absolute atomic E-state index is 0.301. The van der Waals surface area contributed by atoms with Gasteiger partial charge in [-0.25, -0.2) is 14.5 Å². The molecule has 0 atom stereocenters. The fraction of sp³-hybridized carbons (Fsp3) is 0.273. The van der Waals surface area contributed by atoms with Crippen molar-refractivity contribution < 1.29 is 19.4 Å². The number of carbonyl (C=O) groups is 2. The molecule has 0 spiro atoms. The van der Waals surface area contributed by atoms with Crippen LogP contribution in [-0.4, -0.2) is 49.3 Å². The lowest BCUT2D eigenvalue weighted by Crippen LogP contribution is -2.11. The fourth-order valence-corrected chi connectivity index (χ4v) is 2.30. The summed E-state index contributed by atoms with van der Waals surface area (Å²) in [5.41, 5.74) is 0.871. The van der Waals surface area contributed by atoms with Crippen molar-refractivity contribution in [3.63, 3.8) is 0 Å². The Bertz CT molecular complexity index is 687. The minimum Gasteiger partial charge on any atom is -0.480 e. The zero-order valence-electron chi connectivity index (χ0n) is 11.2. The van der Waals surface area contributed by atoms with Crippen LogP contribution in [0.4, 0.5) is 0 Å². The normalized spacial score (nSPS) is 10.4. The standard InChI is InChI=1S/C11H11N5O4S/c1-6-7(10(19)20-2)3-4-8(12-6)21-11-13-14-15-16(11)5-9(17)18/h3-4H,5H2,1-2H3,(H,17,18). The Labute approximate surface area is 123 Å². The number of aromatic nitrogens is 5. The molecule has 0 aliphatic heterocycles. The van der Waals surface area contributed by atoms with Crippen molar-refractivity contribution in [2.45, 2.75) is 23.7 Å². The summed E-state index contributed by atoms with van der Waals surface area (Å²) in [6.45, 7) is 1.34. The van der Waals surface area contributed by atoms with Gasteiger partial charge in [-0.3, -0.25) is 4.79 Å². The van der Waals surface area contributed by atoms with E-state index in [4.69, 9.17) is 5.11 Å². The van der Waals surface area contributed by atoms with Gasteiger partial charge in [0.25, 0.3) is 0 Å². The molecule has 110 valence electrons. The van der Waals surface area contributed by atoms with Gasteiger partial charge in [0.05, 0.1) is 18.4 Å². The second kappa shape index (κ2) is 6.31. The number of nitrogens with zero attached hydrogens (tertiary/aromatic N) is 5. The Morgan fingerprint density at radius 2 is 2.19 bits per heavy atom. The quantitative estimate of drug-likeness (QED) is 0.782. The van der Waals surface area contributed by atoms with Crippen LogP contribution in [0.25, 0.3) is 0 Å². The number of aryl methyl sites for hydroxylation is 1. The van der Waals surface area contributed by atoms with E-state index < -0.39 is 11.9 Å². The molecule has 21 heavy (non-hydrogen) atoms. The molecule has 1 N–H and O–H groups in total. The van der Waals surface area contributed by atoms with Gasteiger partial charge in [0.15, 0.2) is 0 Å². The highest BCUT2D eigenvalue weighted by atomic mass is 32.2. The number of esters is 1. The van der Waals surface area contributed by atoms with Crippen molar-refractivity contribution in [3.8, 4) is 0 Å². The van der Waals surface area contributed by atoms with Crippen LogP contribution in [0.1, 0.15) is 16.1 Å². The molecular formula is C11H11N5O4S. The Balaban J connectivity index is 2.21. The van der Waals surface area contributed by atoms with Crippen LogP contribution in [0.5, 0.6) is 0 Å². The van der Waals surface area contributed by atoms with Crippen molar-refractivity contribution in [1.82, 2.24) is 25.2 Å². The molecule has 2 heterocycles. The van der Waals surface area contributed by atoms with Crippen molar-refractivity contribution in [2.75, 3.05) is 7.11 Å². The van der Waals surface area contributed by atoms with Gasteiger partial charge >= 0.3 is 11.9 Å². The predicted molar refractivity (Wildman–Crippen MR) is 69.9 cm³/mol. The maximum absolute atomic E-state index is 11.5. The molecule has 0 aliphatic rings. The van der Waals surface area contributed by atoms with Crippen molar-refractivity contribution in [1.29, 1.82) is 0 Å². The highest BCUT2D eigenvalue weighted by Gasteiger charge is 2.14. The number of ether oxygens (including phenoxy) is 1. The van der Waals surface area contributed by atoms with Gasteiger partial charge < -0.3 is 9.84 Å². The molecule has 0 bridgehead atoms. The third-order valence-electron chi connectivity index (χ3n) is 2.45. The summed E-state index contributed by atoms with van der Waals surface area (Å²) in [5.74, 6) is -1.51. The average Bonchev–Trinajstić information content (AvgIpc) is 2.84. The van der Waals surface area contributed by atoms with E-state index in [1.807, 2.05) is 0 Å². The molecule has 0 saturated heterocycles. The molecule has 0 amide bonds. The van der Waals surface area contributed by atoms with Gasteiger partial charge in [0, 0.05) is 0 Å². The van der Waals surface area contributed by atoms with Crippen molar-refractivity contribution >= 4 is 23.7 Å². The van der Waals surface area contributed by atoms with Crippen LogP contribution < -0.4 is 0 Å². The first kappa shape index (κ1) is 14.9. The van der Waals surface area contributed by atoms with Crippen LogP contribution in [-0.2, 0) is 16.1 Å². The summed E-state index contributed by atoms with van der Waals surface area (Å²) in [6.07, 6.45) is 0. The Morgan fingerprint density at radius 3 is 2.81 bits per heavy atom. The van der Waals surface area contributed by atoms with Gasteiger partial charge in [-0.2, -0.15) is 0 Å². The SMILES string of the molecule is COC(=O)c1ccc(Sc2nnnn2CC(=O)O)nc1C. The Morgan fingerprint density at radius 1 is 1.43 bits per heavy atom. The summed E-state index contributed by atoms with van der Waals surface area (Å²) in [6, 6.07) is 3.20. The van der Waals surface area contributed by atoms with E-state index in [1.165, 1.54) is 7.11 Å². The number of methoxy groups -OCH3 is 1. The molecule has 9 nitrogen and oxygen atoms in total. The zero-order valence-corrected chi connectivity index (χ0v) is 12.0. The van der Waals surface area contributed by atoms with E-state index in [1.54, 1.807) is 19.1 Å². The topological polar surface area (TPSA) is 120 Å². The summed E-state index contributed by atoms with van der Waals surface area (Å²) in [5, 5.41) is 20.3. The number of tetrazole rings is 1. The smallest absolute Gasteiger partial charge is 0.339 e. The highest BCUT2D eigenvalue weighted by molar-refractivity contribution is 7.99. The number of carboxylic acids is 1. The van der Waals surface area contributed by atoms with Crippen molar-refractivity contribution in [2.24, 2.45) is 0 Å². The monoisotopic (exact) mass is 309 g/mol. The second-order valence-electron chi connectivity index (χ2n) is 3.89. The van der Waals surface area contributed by atoms with E-state index in [0.29, 0.717) is 21.4 Å². The summed E-state index contributed by atoms with van der Waals surface area (Å²) in [4.78, 5) is 26.4. The predicted octanol–water partition coefficient (Wildman–Crippen LogP) is 0.399. The third kappa shape index (κ3) is 3.54. The lowest BCUT2D eigenvalue weighted by atomic mass is 10.2. The first-order valence-corrected chi connectivity index (χ1v) is 6.54. The minimum atomic E-state index is -1.05. The number of carboxylic acid groups (broad SMARTS) is 1. The number of rotatable bonds is 5. The second-order valence-corrected chi connectivity index (χ2v) is 4.88. The van der Waals surface area contributed by atoms with E-state index in [0.717, 1.165) is 16.4 Å². The van der Waals surface area contributed by atoms with Crippen LogP contribution >= 0.6 is 11.8 Å². The molecule has 0 aromatic carbocycles. The summed E-state index contributed by atoms with van der Waals surface area (Å²) in [7, 11) is 1.30. The summed E-state index contributed by atoms with van der Waals surface area (Å²) < 4.78 is 5.79. The van der Waals surface area contributed by atoms with Crippen LogP contribution in [0.2, 0.25) is 0 Å². The zero-order chi connectivity index (χ0) is 15.4. The van der Waals surface area contributed by atoms with E-state index in [-0.39, 0.29) is 6.54 Å². The highest BCUT2D eigenvalue weighted by Crippen LogP contribution is 2.24. The number of hydrogen-bond acceptors (Lipinski definition) is 8. The lowest BCUT2D eigenvalue weighted by molar-refractivity contribution is -0.138. The van der Waals surface area contributed by atoms with Gasteiger partial charge in [-0.15, -0.1) is 5.10 Å². The number of pyridine rings is 1. The first-order valence-electron chi connectivity index (χ1n) is 5.73. The fourth-order valence-electron chi connectivity index (χ4n) is 1.51. The maximum atomic E-state index is 11.5. The molecule has 10 heteroatoms. The molecule has 0 unspecified atom stereocenters. The van der Waals surface area contributed by atoms with E-state index >= 15 is 0 Å². The molecule has 2 aromatic rings. The van der Waals surface area contributed by atoms with Crippen molar-refractivity contribution in [3.05, 3.63) is 23.4 Å². The van der Waals surface area contributed by atoms with Crippen LogP contribution in [0.3, 0.4) is 0 Å². The van der Waals surface area contributed by atoms with E-state index in [2.05, 4.69) is 25.2 Å². The number of aliphatic carboxylic acids is 1. The number of carbonyl (C=O) groups excluding carboxylic acids is 1.